The summed E-state index contributed by atoms with van der Waals surface area (Å²) in [7, 11) is 0. The zero-order chi connectivity index (χ0) is 14.1. The molecule has 0 bridgehead atoms. The number of rotatable bonds is 2. The van der Waals surface area contributed by atoms with Crippen LogP contribution in [0.4, 0.5) is 11.4 Å². The Hall–Kier alpha value is -2.29. The molecule has 3 nitrogen and oxygen atoms in total. The minimum atomic E-state index is 0.0318. The van der Waals surface area contributed by atoms with Crippen molar-refractivity contribution in [1.82, 2.24) is 0 Å². The fourth-order valence-corrected chi connectivity index (χ4v) is 2.73. The van der Waals surface area contributed by atoms with Crippen LogP contribution in [0.25, 0.3) is 0 Å². The van der Waals surface area contributed by atoms with Crippen molar-refractivity contribution in [2.45, 2.75) is 19.8 Å². The Kier molecular flexibility index (Phi) is 3.18. The van der Waals surface area contributed by atoms with Crippen LogP contribution in [0.2, 0.25) is 0 Å². The summed E-state index contributed by atoms with van der Waals surface area (Å²) in [6.45, 7) is 2.81. The number of benzene rings is 2. The lowest BCUT2D eigenvalue weighted by atomic mass is 10.1. The highest BCUT2D eigenvalue weighted by molar-refractivity contribution is 6.09. The van der Waals surface area contributed by atoms with Crippen LogP contribution in [0.1, 0.15) is 28.4 Å². The van der Waals surface area contributed by atoms with Crippen molar-refractivity contribution < 1.29 is 4.79 Å². The van der Waals surface area contributed by atoms with Gasteiger partial charge in [-0.25, -0.2) is 0 Å². The van der Waals surface area contributed by atoms with Crippen molar-refractivity contribution in [1.29, 1.82) is 0 Å². The molecule has 102 valence electrons. The first-order valence-corrected chi connectivity index (χ1v) is 6.99. The Labute approximate surface area is 119 Å². The van der Waals surface area contributed by atoms with E-state index in [2.05, 4.69) is 6.92 Å². The van der Waals surface area contributed by atoms with E-state index < -0.39 is 0 Å². The third-order valence-corrected chi connectivity index (χ3v) is 3.88. The topological polar surface area (TPSA) is 46.3 Å². The normalized spacial score (nSPS) is 13.3. The molecule has 0 fully saturated rings. The fraction of sp³-hybridized carbons (Fsp3) is 0.235. The first-order valence-electron chi connectivity index (χ1n) is 6.99. The van der Waals surface area contributed by atoms with E-state index in [4.69, 9.17) is 5.73 Å². The molecule has 2 aromatic carbocycles. The number of anilines is 2. The van der Waals surface area contributed by atoms with Crippen LogP contribution in [0, 0.1) is 0 Å². The Bertz CT molecular complexity index is 647. The van der Waals surface area contributed by atoms with E-state index in [-0.39, 0.29) is 5.91 Å². The summed E-state index contributed by atoms with van der Waals surface area (Å²) in [5.41, 5.74) is 10.7. The molecule has 0 saturated carbocycles. The number of hydrogen-bond donors (Lipinski definition) is 1. The lowest BCUT2D eigenvalue weighted by Gasteiger charge is -2.19. The second-order valence-corrected chi connectivity index (χ2v) is 5.11. The van der Waals surface area contributed by atoms with E-state index in [1.54, 1.807) is 4.90 Å². The van der Waals surface area contributed by atoms with Gasteiger partial charge in [-0.2, -0.15) is 0 Å². The quantitative estimate of drug-likeness (QED) is 0.849. The zero-order valence-corrected chi connectivity index (χ0v) is 11.6. The maximum atomic E-state index is 12.6. The van der Waals surface area contributed by atoms with Crippen LogP contribution in [0.3, 0.4) is 0 Å². The summed E-state index contributed by atoms with van der Waals surface area (Å²) in [4.78, 5) is 14.4. The molecular formula is C17H18N2O. The Morgan fingerprint density at radius 2 is 1.95 bits per heavy atom. The van der Waals surface area contributed by atoms with Gasteiger partial charge in [-0.3, -0.25) is 4.79 Å². The maximum Gasteiger partial charge on any atom is 0.258 e. The van der Waals surface area contributed by atoms with E-state index in [9.17, 15) is 4.79 Å². The summed E-state index contributed by atoms with van der Waals surface area (Å²) < 4.78 is 0. The summed E-state index contributed by atoms with van der Waals surface area (Å²) in [6, 6.07) is 13.7. The minimum Gasteiger partial charge on any atom is -0.397 e. The van der Waals surface area contributed by atoms with Crippen LogP contribution < -0.4 is 10.6 Å². The number of amides is 1. The van der Waals surface area contributed by atoms with Gasteiger partial charge in [0.1, 0.15) is 0 Å². The van der Waals surface area contributed by atoms with Crippen LogP contribution >= 0.6 is 0 Å². The lowest BCUT2D eigenvalue weighted by Crippen LogP contribution is -2.29. The SMILES string of the molecule is CCc1ccc(C(=O)N2CCc3cccc(N)c32)cc1. The number of carbonyl (C=O) groups is 1. The van der Waals surface area contributed by atoms with E-state index in [0.717, 1.165) is 29.7 Å². The van der Waals surface area contributed by atoms with Gasteiger partial charge < -0.3 is 10.6 Å². The first kappa shape index (κ1) is 12.7. The molecule has 1 aliphatic rings. The van der Waals surface area contributed by atoms with Gasteiger partial charge in [-0.15, -0.1) is 0 Å². The molecule has 3 heteroatoms. The Balaban J connectivity index is 1.93. The van der Waals surface area contributed by atoms with Crippen LogP contribution in [0.15, 0.2) is 42.5 Å². The number of para-hydroxylation sites is 1. The monoisotopic (exact) mass is 266 g/mol. The molecule has 1 heterocycles. The predicted molar refractivity (Wildman–Crippen MR) is 82.1 cm³/mol. The number of aryl methyl sites for hydroxylation is 1. The standard InChI is InChI=1S/C17H18N2O/c1-2-12-6-8-14(9-7-12)17(20)19-11-10-13-4-3-5-15(18)16(13)19/h3-9H,2,10-11,18H2,1H3. The number of nitrogen functional groups attached to an aromatic ring is 1. The van der Waals surface area contributed by atoms with Gasteiger partial charge in [0.15, 0.2) is 0 Å². The van der Waals surface area contributed by atoms with Crippen molar-refractivity contribution in [2.24, 2.45) is 0 Å². The van der Waals surface area contributed by atoms with Crippen molar-refractivity contribution in [3.05, 3.63) is 59.2 Å². The van der Waals surface area contributed by atoms with Gasteiger partial charge >= 0.3 is 0 Å². The summed E-state index contributed by atoms with van der Waals surface area (Å²) in [5.74, 6) is 0.0318. The van der Waals surface area contributed by atoms with Crippen LogP contribution in [-0.4, -0.2) is 12.5 Å². The third kappa shape index (κ3) is 2.05. The molecule has 0 atom stereocenters. The van der Waals surface area contributed by atoms with Crippen molar-refractivity contribution >= 4 is 17.3 Å². The van der Waals surface area contributed by atoms with Crippen LogP contribution in [0.5, 0.6) is 0 Å². The Morgan fingerprint density at radius 3 is 2.65 bits per heavy atom. The van der Waals surface area contributed by atoms with Gasteiger partial charge in [0, 0.05) is 12.1 Å². The summed E-state index contributed by atoms with van der Waals surface area (Å²) in [6.07, 6.45) is 1.85. The highest BCUT2D eigenvalue weighted by Gasteiger charge is 2.27. The van der Waals surface area contributed by atoms with Crippen LogP contribution in [-0.2, 0) is 12.8 Å². The van der Waals surface area contributed by atoms with Gasteiger partial charge in [-0.05, 0) is 42.2 Å². The second-order valence-electron chi connectivity index (χ2n) is 5.11. The number of nitrogens with zero attached hydrogens (tertiary/aromatic N) is 1. The lowest BCUT2D eigenvalue weighted by molar-refractivity contribution is 0.0989. The molecule has 0 aromatic heterocycles. The molecule has 1 amide bonds. The number of nitrogens with two attached hydrogens (primary N) is 1. The molecule has 0 radical (unpaired) electrons. The molecule has 0 spiro atoms. The molecule has 20 heavy (non-hydrogen) atoms. The average molecular weight is 266 g/mol. The predicted octanol–water partition coefficient (Wildman–Crippen LogP) is 3.03. The molecule has 1 aliphatic heterocycles. The maximum absolute atomic E-state index is 12.6. The smallest absolute Gasteiger partial charge is 0.258 e. The van der Waals surface area contributed by atoms with Gasteiger partial charge in [-0.1, -0.05) is 31.2 Å². The molecule has 0 unspecified atom stereocenters. The van der Waals surface area contributed by atoms with Crippen molar-refractivity contribution in [3.63, 3.8) is 0 Å². The molecular weight excluding hydrogens is 248 g/mol. The van der Waals surface area contributed by atoms with Crippen molar-refractivity contribution in [2.75, 3.05) is 17.2 Å². The fourth-order valence-electron chi connectivity index (χ4n) is 2.73. The number of hydrogen-bond acceptors (Lipinski definition) is 2. The van der Waals surface area contributed by atoms with Gasteiger partial charge in [0.25, 0.3) is 5.91 Å². The van der Waals surface area contributed by atoms with E-state index >= 15 is 0 Å². The number of fused-ring (bicyclic) bond motifs is 1. The molecule has 0 saturated heterocycles. The van der Waals surface area contributed by atoms with Gasteiger partial charge in [0.2, 0.25) is 0 Å². The number of carbonyl (C=O) groups excluding carboxylic acids is 1. The zero-order valence-electron chi connectivity index (χ0n) is 11.6. The highest BCUT2D eigenvalue weighted by Crippen LogP contribution is 2.34. The summed E-state index contributed by atoms with van der Waals surface area (Å²) >= 11 is 0. The second kappa shape index (κ2) is 5.00. The Morgan fingerprint density at radius 1 is 1.20 bits per heavy atom. The van der Waals surface area contributed by atoms with E-state index in [1.807, 2.05) is 42.5 Å². The minimum absolute atomic E-state index is 0.0318. The van der Waals surface area contributed by atoms with Gasteiger partial charge in [0.05, 0.1) is 11.4 Å². The largest absolute Gasteiger partial charge is 0.397 e. The van der Waals surface area contributed by atoms with E-state index in [0.29, 0.717) is 12.2 Å². The summed E-state index contributed by atoms with van der Waals surface area (Å²) in [5, 5.41) is 0. The highest BCUT2D eigenvalue weighted by atomic mass is 16.2. The molecule has 2 N–H and O–H groups in total. The first-order chi connectivity index (χ1) is 9.70. The third-order valence-electron chi connectivity index (χ3n) is 3.88. The molecule has 2 aromatic rings. The van der Waals surface area contributed by atoms with Crippen molar-refractivity contribution in [3.8, 4) is 0 Å². The average Bonchev–Trinajstić information content (AvgIpc) is 2.92. The van der Waals surface area contributed by atoms with E-state index in [1.165, 1.54) is 5.56 Å². The molecule has 3 rings (SSSR count). The molecule has 0 aliphatic carbocycles.